The zero-order valence-corrected chi connectivity index (χ0v) is 19.6. The van der Waals surface area contributed by atoms with Crippen LogP contribution in [-0.4, -0.2) is 38.8 Å². The summed E-state index contributed by atoms with van der Waals surface area (Å²) in [5.74, 6) is 1.02. The smallest absolute Gasteiger partial charge is 0.243 e. The number of sulfonamides is 1. The van der Waals surface area contributed by atoms with E-state index in [-0.39, 0.29) is 22.1 Å². The quantitative estimate of drug-likeness (QED) is 0.728. The molecular formula is C23H36N2O4S. The summed E-state index contributed by atoms with van der Waals surface area (Å²) < 4.78 is 33.0. The number of nitrogens with one attached hydrogen (secondary N) is 1. The number of benzene rings is 1. The highest BCUT2D eigenvalue weighted by Crippen LogP contribution is 2.40. The van der Waals surface area contributed by atoms with E-state index in [0.29, 0.717) is 30.4 Å². The third-order valence-electron chi connectivity index (χ3n) is 6.70. The number of methoxy groups -OCH3 is 1. The molecule has 1 N–H and O–H groups in total. The molecule has 6 nitrogen and oxygen atoms in total. The Bertz CT molecular complexity index is 846. The topological polar surface area (TPSA) is 75.7 Å². The second-order valence-corrected chi connectivity index (χ2v) is 11.7. The zero-order valence-electron chi connectivity index (χ0n) is 18.7. The summed E-state index contributed by atoms with van der Waals surface area (Å²) in [6.07, 6.45) is 6.65. The van der Waals surface area contributed by atoms with Gasteiger partial charge < -0.3 is 10.1 Å². The van der Waals surface area contributed by atoms with Crippen molar-refractivity contribution in [2.45, 2.75) is 70.6 Å². The molecule has 0 unspecified atom stereocenters. The molecule has 168 valence electrons. The van der Waals surface area contributed by atoms with Crippen LogP contribution in [0, 0.1) is 17.3 Å². The summed E-state index contributed by atoms with van der Waals surface area (Å²) in [4.78, 5) is 13.1. The number of nitrogens with zero attached hydrogens (tertiary/aromatic N) is 1. The first-order chi connectivity index (χ1) is 14.1. The molecule has 0 spiro atoms. The van der Waals surface area contributed by atoms with Crippen LogP contribution >= 0.6 is 0 Å². The molecule has 0 aromatic heterocycles. The highest BCUT2D eigenvalue weighted by molar-refractivity contribution is 7.89. The van der Waals surface area contributed by atoms with Gasteiger partial charge in [-0.05, 0) is 68.1 Å². The number of carbonyl (C=O) groups is 1. The molecule has 2 aliphatic rings. The molecular weight excluding hydrogens is 400 g/mol. The SMILES string of the molecule is COc1ccc(S(=O)(=O)N2CCCCC2)cc1NC(=O)C1CCC(C(C)(C)C)CC1. The predicted molar refractivity (Wildman–Crippen MR) is 119 cm³/mol. The van der Waals surface area contributed by atoms with Crippen LogP contribution in [0.4, 0.5) is 5.69 Å². The highest BCUT2D eigenvalue weighted by Gasteiger charge is 2.33. The van der Waals surface area contributed by atoms with Crippen molar-refractivity contribution in [3.8, 4) is 5.75 Å². The van der Waals surface area contributed by atoms with Crippen molar-refractivity contribution in [3.63, 3.8) is 0 Å². The fourth-order valence-corrected chi connectivity index (χ4v) is 6.20. The fourth-order valence-electron chi connectivity index (χ4n) is 4.66. The first-order valence-corrected chi connectivity index (χ1v) is 12.6. The van der Waals surface area contributed by atoms with Crippen LogP contribution in [0.5, 0.6) is 5.75 Å². The van der Waals surface area contributed by atoms with Crippen LogP contribution in [0.1, 0.15) is 65.7 Å². The normalized spacial score (nSPS) is 23.7. The van der Waals surface area contributed by atoms with E-state index in [1.54, 1.807) is 18.2 Å². The maximum absolute atomic E-state index is 13.0. The molecule has 1 heterocycles. The van der Waals surface area contributed by atoms with E-state index in [4.69, 9.17) is 4.74 Å². The third kappa shape index (κ3) is 5.17. The van der Waals surface area contributed by atoms with Gasteiger partial charge in [0.25, 0.3) is 0 Å². The van der Waals surface area contributed by atoms with Gasteiger partial charge in [0.1, 0.15) is 5.75 Å². The van der Waals surface area contributed by atoms with Gasteiger partial charge in [0.05, 0.1) is 17.7 Å². The minimum Gasteiger partial charge on any atom is -0.495 e. The molecule has 0 radical (unpaired) electrons. The van der Waals surface area contributed by atoms with Crippen LogP contribution in [0.3, 0.4) is 0 Å². The second kappa shape index (κ2) is 9.27. The first-order valence-electron chi connectivity index (χ1n) is 11.1. The zero-order chi connectivity index (χ0) is 21.9. The van der Waals surface area contributed by atoms with Crippen LogP contribution in [0.25, 0.3) is 0 Å². The molecule has 1 saturated carbocycles. The fraction of sp³-hybridized carbons (Fsp3) is 0.696. The van der Waals surface area contributed by atoms with Gasteiger partial charge in [-0.15, -0.1) is 0 Å². The van der Waals surface area contributed by atoms with E-state index in [1.807, 2.05) is 0 Å². The van der Waals surface area contributed by atoms with Crippen LogP contribution in [0.2, 0.25) is 0 Å². The molecule has 1 saturated heterocycles. The number of hydrogen-bond donors (Lipinski definition) is 1. The molecule has 3 rings (SSSR count). The van der Waals surface area contributed by atoms with E-state index in [1.165, 1.54) is 11.4 Å². The molecule has 1 aliphatic carbocycles. The van der Waals surface area contributed by atoms with Gasteiger partial charge >= 0.3 is 0 Å². The number of anilines is 1. The van der Waals surface area contributed by atoms with E-state index < -0.39 is 10.0 Å². The van der Waals surface area contributed by atoms with Crippen molar-refractivity contribution in [2.75, 3.05) is 25.5 Å². The minimum absolute atomic E-state index is 0.0457. The average molecular weight is 437 g/mol. The monoisotopic (exact) mass is 436 g/mol. The summed E-state index contributed by atoms with van der Waals surface area (Å²) in [6.45, 7) is 7.88. The van der Waals surface area contributed by atoms with Crippen LogP contribution in [0.15, 0.2) is 23.1 Å². The highest BCUT2D eigenvalue weighted by atomic mass is 32.2. The predicted octanol–water partition coefficient (Wildman–Crippen LogP) is 4.66. The Hall–Kier alpha value is -1.60. The molecule has 7 heteroatoms. The standard InChI is InChI=1S/C23H36N2O4S/c1-23(2,3)18-10-8-17(9-11-18)22(26)24-20-16-19(12-13-21(20)29-4)30(27,28)25-14-6-5-7-15-25/h12-13,16-18H,5-11,14-15H2,1-4H3,(H,24,26). The van der Waals surface area contributed by atoms with E-state index >= 15 is 0 Å². The van der Waals surface area contributed by atoms with Gasteiger partial charge in [-0.3, -0.25) is 4.79 Å². The largest absolute Gasteiger partial charge is 0.495 e. The lowest BCUT2D eigenvalue weighted by atomic mass is 9.69. The Balaban J connectivity index is 1.74. The number of hydrogen-bond acceptors (Lipinski definition) is 4. The summed E-state index contributed by atoms with van der Waals surface area (Å²) in [5.41, 5.74) is 0.695. The third-order valence-corrected chi connectivity index (χ3v) is 8.60. The van der Waals surface area contributed by atoms with E-state index in [2.05, 4.69) is 26.1 Å². The Morgan fingerprint density at radius 1 is 1.07 bits per heavy atom. The lowest BCUT2D eigenvalue weighted by molar-refractivity contribution is -0.121. The number of carbonyl (C=O) groups excluding carboxylic acids is 1. The minimum atomic E-state index is -3.57. The van der Waals surface area contributed by atoms with Crippen LogP contribution in [-0.2, 0) is 14.8 Å². The van der Waals surface area contributed by atoms with Crippen molar-refractivity contribution in [3.05, 3.63) is 18.2 Å². The van der Waals surface area contributed by atoms with Gasteiger partial charge in [-0.2, -0.15) is 4.31 Å². The van der Waals surface area contributed by atoms with E-state index in [0.717, 1.165) is 44.9 Å². The van der Waals surface area contributed by atoms with Crippen molar-refractivity contribution in [2.24, 2.45) is 17.3 Å². The van der Waals surface area contributed by atoms with Crippen molar-refractivity contribution in [1.29, 1.82) is 0 Å². The Labute approximate surface area is 181 Å². The second-order valence-electron chi connectivity index (χ2n) is 9.73. The molecule has 0 atom stereocenters. The maximum Gasteiger partial charge on any atom is 0.243 e. The lowest BCUT2D eigenvalue weighted by Gasteiger charge is -2.36. The average Bonchev–Trinajstić information content (AvgIpc) is 2.73. The molecule has 1 aromatic rings. The van der Waals surface area contributed by atoms with Crippen molar-refractivity contribution >= 4 is 21.6 Å². The van der Waals surface area contributed by atoms with Gasteiger partial charge in [-0.1, -0.05) is 27.2 Å². The van der Waals surface area contributed by atoms with Crippen molar-refractivity contribution < 1.29 is 17.9 Å². The number of rotatable bonds is 5. The molecule has 0 bridgehead atoms. The summed E-state index contributed by atoms with van der Waals surface area (Å²) >= 11 is 0. The van der Waals surface area contributed by atoms with Gasteiger partial charge in [0.2, 0.25) is 15.9 Å². The number of amides is 1. The lowest BCUT2D eigenvalue weighted by Crippen LogP contribution is -2.35. The summed E-state index contributed by atoms with van der Waals surface area (Å²) in [6, 6.07) is 4.73. The maximum atomic E-state index is 13.0. The van der Waals surface area contributed by atoms with E-state index in [9.17, 15) is 13.2 Å². The number of piperidine rings is 1. The molecule has 1 aromatic carbocycles. The van der Waals surface area contributed by atoms with Gasteiger partial charge in [-0.25, -0.2) is 8.42 Å². The molecule has 1 amide bonds. The molecule has 1 aliphatic heterocycles. The Morgan fingerprint density at radius 3 is 2.27 bits per heavy atom. The Morgan fingerprint density at radius 2 is 1.70 bits per heavy atom. The molecule has 2 fully saturated rings. The number of ether oxygens (including phenoxy) is 1. The molecule has 30 heavy (non-hydrogen) atoms. The Kier molecular flexibility index (Phi) is 7.13. The van der Waals surface area contributed by atoms with Crippen molar-refractivity contribution in [1.82, 2.24) is 4.31 Å². The van der Waals surface area contributed by atoms with Gasteiger partial charge in [0.15, 0.2) is 0 Å². The first kappa shape index (κ1) is 23.1. The summed E-state index contributed by atoms with van der Waals surface area (Å²) in [7, 11) is -2.04. The van der Waals surface area contributed by atoms with Gasteiger partial charge in [0, 0.05) is 19.0 Å². The summed E-state index contributed by atoms with van der Waals surface area (Å²) in [5, 5.41) is 2.95. The van der Waals surface area contributed by atoms with Crippen LogP contribution < -0.4 is 10.1 Å².